The van der Waals surface area contributed by atoms with Crippen LogP contribution in [0.25, 0.3) is 0 Å². The van der Waals surface area contributed by atoms with Crippen molar-refractivity contribution in [2.24, 2.45) is 0 Å². The maximum absolute atomic E-state index is 5.74. The van der Waals surface area contributed by atoms with Gasteiger partial charge < -0.3 is 20.1 Å². The van der Waals surface area contributed by atoms with Crippen molar-refractivity contribution in [1.82, 2.24) is 0 Å². The predicted molar refractivity (Wildman–Crippen MR) is 86.9 cm³/mol. The van der Waals surface area contributed by atoms with Gasteiger partial charge in [0.05, 0.1) is 0 Å². The highest BCUT2D eigenvalue weighted by atomic mass is 16.5. The van der Waals surface area contributed by atoms with Gasteiger partial charge in [-0.1, -0.05) is 24.3 Å². The number of para-hydroxylation sites is 1. The zero-order chi connectivity index (χ0) is 15.1. The van der Waals surface area contributed by atoms with Crippen molar-refractivity contribution in [2.75, 3.05) is 37.9 Å². The van der Waals surface area contributed by atoms with Gasteiger partial charge in [0, 0.05) is 38.1 Å². The van der Waals surface area contributed by atoms with Crippen molar-refractivity contribution in [1.29, 1.82) is 0 Å². The summed E-state index contributed by atoms with van der Waals surface area (Å²) >= 11 is 0. The molecular weight excluding hydrogens is 264 g/mol. The molecule has 0 radical (unpaired) electrons. The molecule has 0 aliphatic rings. The molecule has 0 bridgehead atoms. The van der Waals surface area contributed by atoms with E-state index in [0.29, 0.717) is 12.3 Å². The molecule has 2 aromatic carbocycles. The third kappa shape index (κ3) is 4.68. The van der Waals surface area contributed by atoms with Crippen LogP contribution >= 0.6 is 0 Å². The Bertz CT molecular complexity index is 545. The maximum atomic E-state index is 5.74. The number of benzene rings is 2. The Labute approximate surface area is 126 Å². The van der Waals surface area contributed by atoms with E-state index in [1.165, 1.54) is 0 Å². The molecule has 2 aromatic rings. The van der Waals surface area contributed by atoms with Gasteiger partial charge in [0.15, 0.2) is 0 Å². The molecular formula is C17H22N2O2. The number of nitrogen functional groups attached to an aromatic ring is 1. The molecule has 4 nitrogen and oxygen atoms in total. The van der Waals surface area contributed by atoms with Crippen LogP contribution in [0.15, 0.2) is 54.6 Å². The number of methoxy groups -OCH3 is 1. The second-order valence-corrected chi connectivity index (χ2v) is 4.96. The molecule has 0 aromatic heterocycles. The third-order valence-corrected chi connectivity index (χ3v) is 3.30. The van der Waals surface area contributed by atoms with E-state index in [9.17, 15) is 0 Å². The zero-order valence-corrected chi connectivity index (χ0v) is 12.5. The van der Waals surface area contributed by atoms with Crippen LogP contribution in [0.2, 0.25) is 0 Å². The van der Waals surface area contributed by atoms with Crippen molar-refractivity contribution in [3.8, 4) is 5.75 Å². The minimum Gasteiger partial charge on any atom is -0.491 e. The summed E-state index contributed by atoms with van der Waals surface area (Å²) in [5.74, 6) is 0.763. The van der Waals surface area contributed by atoms with Crippen molar-refractivity contribution in [2.45, 2.75) is 6.10 Å². The minimum atomic E-state index is -0.0170. The third-order valence-electron chi connectivity index (χ3n) is 3.30. The van der Waals surface area contributed by atoms with Crippen LogP contribution in [0.3, 0.4) is 0 Å². The van der Waals surface area contributed by atoms with Gasteiger partial charge in [0.1, 0.15) is 18.5 Å². The number of nitrogens with zero attached hydrogens (tertiary/aromatic N) is 1. The lowest BCUT2D eigenvalue weighted by Crippen LogP contribution is -2.34. The second-order valence-electron chi connectivity index (χ2n) is 4.96. The van der Waals surface area contributed by atoms with Crippen LogP contribution in [0.1, 0.15) is 0 Å². The summed E-state index contributed by atoms with van der Waals surface area (Å²) in [6.07, 6.45) is -0.0170. The first-order valence-corrected chi connectivity index (χ1v) is 6.96. The fraction of sp³-hybridized carbons (Fsp3) is 0.294. The van der Waals surface area contributed by atoms with E-state index in [1.54, 1.807) is 7.11 Å². The summed E-state index contributed by atoms with van der Waals surface area (Å²) in [5.41, 5.74) is 7.59. The van der Waals surface area contributed by atoms with Gasteiger partial charge in [0.2, 0.25) is 0 Å². The quantitative estimate of drug-likeness (QED) is 0.795. The van der Waals surface area contributed by atoms with E-state index in [2.05, 4.69) is 17.0 Å². The van der Waals surface area contributed by atoms with E-state index in [1.807, 2.05) is 49.5 Å². The summed E-state index contributed by atoms with van der Waals surface area (Å²) in [4.78, 5) is 2.15. The smallest absolute Gasteiger partial charge is 0.121 e. The topological polar surface area (TPSA) is 47.7 Å². The average molecular weight is 286 g/mol. The van der Waals surface area contributed by atoms with Crippen LogP contribution in [0.5, 0.6) is 5.75 Å². The predicted octanol–water partition coefficient (Wildman–Crippen LogP) is 2.80. The van der Waals surface area contributed by atoms with E-state index in [-0.39, 0.29) is 6.10 Å². The Morgan fingerprint density at radius 1 is 1.10 bits per heavy atom. The first kappa shape index (κ1) is 15.2. The number of hydrogen-bond acceptors (Lipinski definition) is 4. The van der Waals surface area contributed by atoms with Crippen LogP contribution in [0.4, 0.5) is 11.4 Å². The van der Waals surface area contributed by atoms with Gasteiger partial charge in [-0.15, -0.1) is 0 Å². The Kier molecular flexibility index (Phi) is 5.46. The van der Waals surface area contributed by atoms with Crippen molar-refractivity contribution < 1.29 is 9.47 Å². The van der Waals surface area contributed by atoms with Crippen LogP contribution in [-0.2, 0) is 4.74 Å². The van der Waals surface area contributed by atoms with Gasteiger partial charge in [-0.25, -0.2) is 0 Å². The molecule has 0 fully saturated rings. The Morgan fingerprint density at radius 2 is 1.86 bits per heavy atom. The molecule has 0 amide bonds. The van der Waals surface area contributed by atoms with E-state index < -0.39 is 0 Å². The Hall–Kier alpha value is -2.20. The molecule has 1 unspecified atom stereocenters. The number of anilines is 2. The summed E-state index contributed by atoms with van der Waals surface area (Å²) in [7, 11) is 3.74. The molecule has 0 aliphatic carbocycles. The highest BCUT2D eigenvalue weighted by Crippen LogP contribution is 2.16. The van der Waals surface area contributed by atoms with Crippen LogP contribution < -0.4 is 15.4 Å². The lowest BCUT2D eigenvalue weighted by atomic mass is 10.2. The van der Waals surface area contributed by atoms with E-state index in [0.717, 1.165) is 18.0 Å². The summed E-state index contributed by atoms with van der Waals surface area (Å²) in [5, 5.41) is 0. The first-order valence-electron chi connectivity index (χ1n) is 6.96. The van der Waals surface area contributed by atoms with E-state index >= 15 is 0 Å². The molecule has 1 atom stereocenters. The molecule has 2 N–H and O–H groups in total. The molecule has 0 heterocycles. The lowest BCUT2D eigenvalue weighted by Gasteiger charge is -2.25. The Morgan fingerprint density at radius 3 is 2.52 bits per heavy atom. The van der Waals surface area contributed by atoms with Gasteiger partial charge in [0.25, 0.3) is 0 Å². The van der Waals surface area contributed by atoms with Gasteiger partial charge >= 0.3 is 0 Å². The van der Waals surface area contributed by atoms with Gasteiger partial charge in [-0.3, -0.25) is 0 Å². The summed E-state index contributed by atoms with van der Waals surface area (Å²) in [6.45, 7) is 1.24. The molecule has 0 aliphatic heterocycles. The van der Waals surface area contributed by atoms with Crippen LogP contribution in [0, 0.1) is 0 Å². The monoisotopic (exact) mass is 286 g/mol. The highest BCUT2D eigenvalue weighted by Gasteiger charge is 2.12. The molecule has 0 spiro atoms. The maximum Gasteiger partial charge on any atom is 0.121 e. The first-order chi connectivity index (χ1) is 10.2. The minimum absolute atomic E-state index is 0.0170. The van der Waals surface area contributed by atoms with Crippen LogP contribution in [-0.4, -0.2) is 33.4 Å². The molecule has 2 rings (SSSR count). The van der Waals surface area contributed by atoms with Crippen molar-refractivity contribution >= 4 is 11.4 Å². The summed E-state index contributed by atoms with van der Waals surface area (Å²) < 4.78 is 11.2. The number of likely N-dealkylation sites (N-methyl/N-ethyl adjacent to an activating group) is 1. The lowest BCUT2D eigenvalue weighted by molar-refractivity contribution is 0.0636. The fourth-order valence-corrected chi connectivity index (χ4v) is 2.08. The fourth-order valence-electron chi connectivity index (χ4n) is 2.08. The number of ether oxygens (including phenoxy) is 2. The molecule has 112 valence electrons. The number of hydrogen-bond donors (Lipinski definition) is 1. The molecule has 4 heteroatoms. The van der Waals surface area contributed by atoms with Crippen molar-refractivity contribution in [3.63, 3.8) is 0 Å². The largest absolute Gasteiger partial charge is 0.491 e. The average Bonchev–Trinajstić information content (AvgIpc) is 2.52. The number of nitrogens with two attached hydrogens (primary N) is 1. The molecule has 0 saturated carbocycles. The molecule has 21 heavy (non-hydrogen) atoms. The standard InChI is InChI=1S/C17H22N2O2/c1-19(15-8-4-3-5-9-15)12-17(20-2)13-21-16-10-6-7-14(18)11-16/h3-11,17H,12-13,18H2,1-2H3. The SMILES string of the molecule is COC(COc1cccc(N)c1)CN(C)c1ccccc1. The zero-order valence-electron chi connectivity index (χ0n) is 12.5. The molecule has 0 saturated heterocycles. The normalized spacial score (nSPS) is 11.9. The van der Waals surface area contributed by atoms with E-state index in [4.69, 9.17) is 15.2 Å². The van der Waals surface area contributed by atoms with Gasteiger partial charge in [-0.05, 0) is 24.3 Å². The highest BCUT2D eigenvalue weighted by molar-refractivity contribution is 5.45. The number of rotatable bonds is 7. The van der Waals surface area contributed by atoms with Crippen molar-refractivity contribution in [3.05, 3.63) is 54.6 Å². The summed E-state index contributed by atoms with van der Waals surface area (Å²) in [6, 6.07) is 17.6. The second kappa shape index (κ2) is 7.55. The van der Waals surface area contributed by atoms with Gasteiger partial charge in [-0.2, -0.15) is 0 Å². The Balaban J connectivity index is 1.88.